The average Bonchev–Trinajstić information content (AvgIpc) is 3.31. The fourth-order valence-electron chi connectivity index (χ4n) is 5.26. The molecular formula is C25H39N5O3. The predicted molar refractivity (Wildman–Crippen MR) is 129 cm³/mol. The van der Waals surface area contributed by atoms with Gasteiger partial charge in [-0.15, -0.1) is 0 Å². The van der Waals surface area contributed by atoms with Gasteiger partial charge in [0.15, 0.2) is 0 Å². The molecule has 0 bridgehead atoms. The average molecular weight is 458 g/mol. The minimum absolute atomic E-state index is 0.00708. The van der Waals surface area contributed by atoms with Gasteiger partial charge in [-0.25, -0.2) is 4.98 Å². The Morgan fingerprint density at radius 3 is 2.61 bits per heavy atom. The molecule has 182 valence electrons. The lowest BCUT2D eigenvalue weighted by Crippen LogP contribution is -2.47. The van der Waals surface area contributed by atoms with Crippen molar-refractivity contribution in [2.24, 2.45) is 5.92 Å². The maximum atomic E-state index is 12.1. The number of anilines is 1. The number of piperazine rings is 1. The van der Waals surface area contributed by atoms with Crippen molar-refractivity contribution in [3.05, 3.63) is 17.8 Å². The monoisotopic (exact) mass is 457 g/mol. The SMILES string of the molecule is CN(C)C(=O)CCC(=O)N[C@H]1CC[C@H](CCN2CCN(c3nccc4c3CCO4)CC2)CC1. The Morgan fingerprint density at radius 2 is 1.88 bits per heavy atom. The molecule has 4 rings (SSSR count). The van der Waals surface area contributed by atoms with E-state index in [1.807, 2.05) is 12.3 Å². The van der Waals surface area contributed by atoms with Crippen LogP contribution in [0.2, 0.25) is 0 Å². The summed E-state index contributed by atoms with van der Waals surface area (Å²) in [5, 5.41) is 3.14. The highest BCUT2D eigenvalue weighted by atomic mass is 16.5. The van der Waals surface area contributed by atoms with E-state index in [9.17, 15) is 9.59 Å². The number of ether oxygens (including phenoxy) is 1. The van der Waals surface area contributed by atoms with Crippen LogP contribution in [0.3, 0.4) is 0 Å². The van der Waals surface area contributed by atoms with Crippen molar-refractivity contribution in [1.29, 1.82) is 0 Å². The summed E-state index contributed by atoms with van der Waals surface area (Å²) < 4.78 is 5.70. The Kier molecular flexibility index (Phi) is 8.06. The van der Waals surface area contributed by atoms with E-state index in [0.29, 0.717) is 0 Å². The lowest BCUT2D eigenvalue weighted by Gasteiger charge is -2.37. The Morgan fingerprint density at radius 1 is 1.12 bits per heavy atom. The maximum Gasteiger partial charge on any atom is 0.222 e. The van der Waals surface area contributed by atoms with Gasteiger partial charge in [-0.3, -0.25) is 14.5 Å². The number of nitrogens with one attached hydrogen (secondary N) is 1. The van der Waals surface area contributed by atoms with Crippen molar-refractivity contribution < 1.29 is 14.3 Å². The Bertz CT molecular complexity index is 814. The first-order valence-electron chi connectivity index (χ1n) is 12.6. The van der Waals surface area contributed by atoms with Crippen LogP contribution in [-0.4, -0.2) is 86.1 Å². The molecule has 8 nitrogen and oxygen atoms in total. The molecule has 3 heterocycles. The molecule has 2 fully saturated rings. The molecule has 1 aromatic rings. The second-order valence-corrected chi connectivity index (χ2v) is 9.90. The third-order valence-corrected chi connectivity index (χ3v) is 7.40. The van der Waals surface area contributed by atoms with Crippen LogP contribution in [-0.2, 0) is 16.0 Å². The van der Waals surface area contributed by atoms with E-state index >= 15 is 0 Å². The normalized spacial score (nSPS) is 23.0. The number of fused-ring (bicyclic) bond motifs is 1. The Labute approximate surface area is 197 Å². The Hall–Kier alpha value is -2.35. The molecule has 0 spiro atoms. The number of aromatic nitrogens is 1. The summed E-state index contributed by atoms with van der Waals surface area (Å²) in [5.41, 5.74) is 1.28. The molecule has 1 saturated heterocycles. The first kappa shape index (κ1) is 23.8. The van der Waals surface area contributed by atoms with Gasteiger partial charge in [-0.2, -0.15) is 0 Å². The van der Waals surface area contributed by atoms with E-state index in [1.165, 1.54) is 29.7 Å². The molecule has 33 heavy (non-hydrogen) atoms. The summed E-state index contributed by atoms with van der Waals surface area (Å²) in [5.74, 6) is 2.90. The molecule has 1 aromatic heterocycles. The molecule has 1 saturated carbocycles. The van der Waals surface area contributed by atoms with E-state index in [4.69, 9.17) is 4.74 Å². The minimum atomic E-state index is 0.00708. The number of amides is 2. The van der Waals surface area contributed by atoms with Crippen LogP contribution in [0.5, 0.6) is 5.75 Å². The van der Waals surface area contributed by atoms with Crippen LogP contribution in [0, 0.1) is 5.92 Å². The molecule has 2 aliphatic heterocycles. The van der Waals surface area contributed by atoms with Crippen LogP contribution in [0.1, 0.15) is 50.5 Å². The lowest BCUT2D eigenvalue weighted by molar-refractivity contribution is -0.131. The van der Waals surface area contributed by atoms with Gasteiger partial charge in [0.2, 0.25) is 11.8 Å². The molecule has 1 N–H and O–H groups in total. The maximum absolute atomic E-state index is 12.1. The van der Waals surface area contributed by atoms with E-state index in [0.717, 1.165) is 76.1 Å². The van der Waals surface area contributed by atoms with Gasteiger partial charge >= 0.3 is 0 Å². The van der Waals surface area contributed by atoms with Crippen molar-refractivity contribution in [3.63, 3.8) is 0 Å². The van der Waals surface area contributed by atoms with Crippen LogP contribution < -0.4 is 15.0 Å². The van der Waals surface area contributed by atoms with Crippen molar-refractivity contribution in [2.45, 2.75) is 57.4 Å². The number of pyridine rings is 1. The van der Waals surface area contributed by atoms with Crippen LogP contribution in [0.25, 0.3) is 0 Å². The van der Waals surface area contributed by atoms with E-state index in [1.54, 1.807) is 14.1 Å². The zero-order valence-corrected chi connectivity index (χ0v) is 20.2. The summed E-state index contributed by atoms with van der Waals surface area (Å²) in [4.78, 5) is 35.0. The molecule has 8 heteroatoms. The molecule has 0 radical (unpaired) electrons. The molecule has 2 amide bonds. The fourth-order valence-corrected chi connectivity index (χ4v) is 5.26. The van der Waals surface area contributed by atoms with Gasteiger partial charge in [0, 0.05) is 77.3 Å². The number of hydrogen-bond acceptors (Lipinski definition) is 6. The third-order valence-electron chi connectivity index (χ3n) is 7.40. The number of hydrogen-bond donors (Lipinski definition) is 1. The predicted octanol–water partition coefficient (Wildman–Crippen LogP) is 2.07. The van der Waals surface area contributed by atoms with Crippen molar-refractivity contribution in [3.8, 4) is 5.75 Å². The van der Waals surface area contributed by atoms with E-state index in [2.05, 4.69) is 20.1 Å². The minimum Gasteiger partial charge on any atom is -0.493 e. The summed E-state index contributed by atoms with van der Waals surface area (Å²) in [6.45, 7) is 6.16. The summed E-state index contributed by atoms with van der Waals surface area (Å²) >= 11 is 0. The van der Waals surface area contributed by atoms with Crippen molar-refractivity contribution in [2.75, 3.05) is 58.3 Å². The second kappa shape index (κ2) is 11.2. The highest BCUT2D eigenvalue weighted by Crippen LogP contribution is 2.32. The number of carbonyl (C=O) groups is 2. The number of carbonyl (C=O) groups excluding carboxylic acids is 2. The zero-order chi connectivity index (χ0) is 23.2. The van der Waals surface area contributed by atoms with Gasteiger partial charge in [0.1, 0.15) is 11.6 Å². The van der Waals surface area contributed by atoms with Gasteiger partial charge in [0.25, 0.3) is 0 Å². The van der Waals surface area contributed by atoms with Gasteiger partial charge < -0.3 is 19.9 Å². The molecule has 0 unspecified atom stereocenters. The van der Waals surface area contributed by atoms with E-state index in [-0.39, 0.29) is 30.7 Å². The van der Waals surface area contributed by atoms with E-state index < -0.39 is 0 Å². The van der Waals surface area contributed by atoms with Crippen molar-refractivity contribution >= 4 is 17.6 Å². The standard InChI is InChI=1S/C25H39N5O3/c1-28(2)24(32)8-7-23(31)27-20-5-3-19(4-6-20)10-13-29-14-16-30(17-15-29)25-21-11-18-33-22(21)9-12-26-25/h9,12,19-20H,3-8,10-11,13-18H2,1-2H3,(H,27,31)/t19-,20-. The first-order valence-corrected chi connectivity index (χ1v) is 12.6. The quantitative estimate of drug-likeness (QED) is 0.644. The first-order chi connectivity index (χ1) is 16.0. The summed E-state index contributed by atoms with van der Waals surface area (Å²) in [6, 6.07) is 2.25. The van der Waals surface area contributed by atoms with Gasteiger partial charge in [-0.1, -0.05) is 0 Å². The van der Waals surface area contributed by atoms with Crippen LogP contribution >= 0.6 is 0 Å². The largest absolute Gasteiger partial charge is 0.493 e. The molecule has 3 aliphatic rings. The molecule has 0 aromatic carbocycles. The number of nitrogens with zero attached hydrogens (tertiary/aromatic N) is 4. The fraction of sp³-hybridized carbons (Fsp3) is 0.720. The smallest absolute Gasteiger partial charge is 0.222 e. The number of rotatable bonds is 8. The highest BCUT2D eigenvalue weighted by molar-refractivity contribution is 5.83. The van der Waals surface area contributed by atoms with Gasteiger partial charge in [0.05, 0.1) is 6.61 Å². The van der Waals surface area contributed by atoms with Crippen LogP contribution in [0.15, 0.2) is 12.3 Å². The summed E-state index contributed by atoms with van der Waals surface area (Å²) in [6.07, 6.45) is 9.13. The lowest BCUT2D eigenvalue weighted by atomic mass is 9.84. The van der Waals surface area contributed by atoms with Gasteiger partial charge in [-0.05, 0) is 50.6 Å². The molecular weight excluding hydrogens is 418 g/mol. The Balaban J connectivity index is 1.11. The molecule has 0 atom stereocenters. The highest BCUT2D eigenvalue weighted by Gasteiger charge is 2.26. The topological polar surface area (TPSA) is 78.0 Å². The molecule has 1 aliphatic carbocycles. The van der Waals surface area contributed by atoms with Crippen LogP contribution in [0.4, 0.5) is 5.82 Å². The summed E-state index contributed by atoms with van der Waals surface area (Å²) in [7, 11) is 3.45. The zero-order valence-electron chi connectivity index (χ0n) is 20.2. The van der Waals surface area contributed by atoms with Crippen molar-refractivity contribution in [1.82, 2.24) is 20.1 Å². The second-order valence-electron chi connectivity index (χ2n) is 9.90. The third kappa shape index (κ3) is 6.37.